The molecule has 0 spiro atoms. The fraction of sp³-hybridized carbons (Fsp3) is 0.462. The van der Waals surface area contributed by atoms with E-state index in [2.05, 4.69) is 0 Å². The SMILES string of the molecule is Cc1cc(S(=O)(=O)Cl)c(C)cc1OCCC(=O)N(C)C. The van der Waals surface area contributed by atoms with Gasteiger partial charge in [-0.05, 0) is 37.1 Å². The Hall–Kier alpha value is -1.27. The molecular weight excluding hydrogens is 302 g/mol. The molecule has 1 rings (SSSR count). The molecule has 0 saturated carbocycles. The van der Waals surface area contributed by atoms with Gasteiger partial charge in [0.2, 0.25) is 5.91 Å². The van der Waals surface area contributed by atoms with E-state index in [9.17, 15) is 13.2 Å². The maximum absolute atomic E-state index is 11.4. The van der Waals surface area contributed by atoms with E-state index in [1.54, 1.807) is 34.0 Å². The summed E-state index contributed by atoms with van der Waals surface area (Å²) in [5.41, 5.74) is 1.17. The summed E-state index contributed by atoms with van der Waals surface area (Å²) in [6, 6.07) is 3.09. The Bertz CT molecular complexity index is 611. The largest absolute Gasteiger partial charge is 0.493 e. The third kappa shape index (κ3) is 4.38. The summed E-state index contributed by atoms with van der Waals surface area (Å²) in [6.07, 6.45) is 0.265. The first-order chi connectivity index (χ1) is 9.12. The second kappa shape index (κ2) is 6.45. The second-order valence-corrected chi connectivity index (χ2v) is 7.24. The Morgan fingerprint density at radius 2 is 1.85 bits per heavy atom. The molecule has 112 valence electrons. The lowest BCUT2D eigenvalue weighted by molar-refractivity contribution is -0.129. The van der Waals surface area contributed by atoms with Crippen molar-refractivity contribution in [3.05, 3.63) is 23.3 Å². The van der Waals surface area contributed by atoms with Gasteiger partial charge < -0.3 is 9.64 Å². The zero-order valence-corrected chi connectivity index (χ0v) is 13.5. The molecule has 0 saturated heterocycles. The fourth-order valence-electron chi connectivity index (χ4n) is 1.65. The maximum Gasteiger partial charge on any atom is 0.261 e. The van der Waals surface area contributed by atoms with Gasteiger partial charge in [0.1, 0.15) is 5.75 Å². The molecule has 0 aliphatic rings. The molecule has 0 unspecified atom stereocenters. The number of hydrogen-bond acceptors (Lipinski definition) is 4. The molecule has 1 aromatic carbocycles. The molecular formula is C13H18ClNO4S. The number of benzene rings is 1. The van der Waals surface area contributed by atoms with Crippen LogP contribution in [0.4, 0.5) is 0 Å². The van der Waals surface area contributed by atoms with Crippen molar-refractivity contribution >= 4 is 25.6 Å². The zero-order valence-electron chi connectivity index (χ0n) is 11.9. The normalized spacial score (nSPS) is 11.2. The smallest absolute Gasteiger partial charge is 0.261 e. The number of carbonyl (C=O) groups excluding carboxylic acids is 1. The van der Waals surface area contributed by atoms with Crippen LogP contribution in [0.5, 0.6) is 5.75 Å². The molecule has 7 heteroatoms. The topological polar surface area (TPSA) is 63.7 Å². The number of hydrogen-bond donors (Lipinski definition) is 0. The standard InChI is InChI=1S/C13H18ClNO4S/c1-9-8-12(20(14,17)18)10(2)7-11(9)19-6-5-13(16)15(3)4/h7-8H,5-6H2,1-4H3. The van der Waals surface area contributed by atoms with Crippen molar-refractivity contribution in [3.8, 4) is 5.75 Å². The van der Waals surface area contributed by atoms with E-state index in [4.69, 9.17) is 15.4 Å². The monoisotopic (exact) mass is 319 g/mol. The maximum atomic E-state index is 11.4. The van der Waals surface area contributed by atoms with E-state index >= 15 is 0 Å². The van der Waals surface area contributed by atoms with Crippen LogP contribution in [-0.4, -0.2) is 39.9 Å². The predicted octanol–water partition coefficient (Wildman–Crippen LogP) is 2.09. The molecule has 1 aromatic rings. The van der Waals surface area contributed by atoms with Crippen LogP contribution in [-0.2, 0) is 13.8 Å². The highest BCUT2D eigenvalue weighted by molar-refractivity contribution is 8.13. The van der Waals surface area contributed by atoms with E-state index < -0.39 is 9.05 Å². The summed E-state index contributed by atoms with van der Waals surface area (Å²) in [7, 11) is 4.94. The van der Waals surface area contributed by atoms with Crippen molar-refractivity contribution in [1.29, 1.82) is 0 Å². The van der Waals surface area contributed by atoms with Gasteiger partial charge >= 0.3 is 0 Å². The van der Waals surface area contributed by atoms with E-state index in [0.717, 1.165) is 0 Å². The molecule has 0 heterocycles. The molecule has 0 N–H and O–H groups in total. The van der Waals surface area contributed by atoms with Gasteiger partial charge in [0.25, 0.3) is 9.05 Å². The Morgan fingerprint density at radius 1 is 1.25 bits per heavy atom. The van der Waals surface area contributed by atoms with Crippen LogP contribution < -0.4 is 4.74 Å². The third-order valence-corrected chi connectivity index (χ3v) is 4.27. The molecule has 20 heavy (non-hydrogen) atoms. The van der Waals surface area contributed by atoms with Crippen LogP contribution in [0, 0.1) is 13.8 Å². The predicted molar refractivity (Wildman–Crippen MR) is 77.8 cm³/mol. The first-order valence-corrected chi connectivity index (χ1v) is 8.32. The summed E-state index contributed by atoms with van der Waals surface area (Å²) in [5, 5.41) is 0. The number of nitrogens with zero attached hydrogens (tertiary/aromatic N) is 1. The van der Waals surface area contributed by atoms with E-state index in [-0.39, 0.29) is 23.8 Å². The average Bonchev–Trinajstić information content (AvgIpc) is 2.31. The molecule has 0 fully saturated rings. The van der Waals surface area contributed by atoms with Gasteiger partial charge in [0.15, 0.2) is 0 Å². The van der Waals surface area contributed by atoms with Crippen molar-refractivity contribution in [2.75, 3.05) is 20.7 Å². The number of aryl methyl sites for hydroxylation is 2. The minimum absolute atomic E-state index is 0.0284. The molecule has 1 amide bonds. The molecule has 0 aromatic heterocycles. The van der Waals surface area contributed by atoms with Gasteiger partial charge in [-0.1, -0.05) is 0 Å². The van der Waals surface area contributed by atoms with Gasteiger partial charge in [0.05, 0.1) is 17.9 Å². The van der Waals surface area contributed by atoms with Crippen molar-refractivity contribution in [2.45, 2.75) is 25.2 Å². The summed E-state index contributed by atoms with van der Waals surface area (Å²) >= 11 is 0. The van der Waals surface area contributed by atoms with Crippen molar-refractivity contribution in [2.24, 2.45) is 0 Å². The van der Waals surface area contributed by atoms with E-state index in [0.29, 0.717) is 16.9 Å². The lowest BCUT2D eigenvalue weighted by atomic mass is 10.1. The van der Waals surface area contributed by atoms with E-state index in [1.807, 2.05) is 0 Å². The Morgan fingerprint density at radius 3 is 2.35 bits per heavy atom. The summed E-state index contributed by atoms with van der Waals surface area (Å²) < 4.78 is 28.3. The lowest BCUT2D eigenvalue weighted by Crippen LogP contribution is -2.23. The highest BCUT2D eigenvalue weighted by Gasteiger charge is 2.16. The van der Waals surface area contributed by atoms with Gasteiger partial charge in [-0.3, -0.25) is 4.79 Å². The van der Waals surface area contributed by atoms with Crippen LogP contribution in [0.1, 0.15) is 17.5 Å². The number of carbonyl (C=O) groups is 1. The van der Waals surface area contributed by atoms with Crippen LogP contribution in [0.15, 0.2) is 17.0 Å². The molecule has 0 aliphatic carbocycles. The van der Waals surface area contributed by atoms with Crippen LogP contribution in [0.2, 0.25) is 0 Å². The minimum atomic E-state index is -3.76. The van der Waals surface area contributed by atoms with Crippen LogP contribution >= 0.6 is 10.7 Å². The number of amides is 1. The summed E-state index contributed by atoms with van der Waals surface area (Å²) in [6.45, 7) is 3.62. The lowest BCUT2D eigenvalue weighted by Gasteiger charge is -2.13. The second-order valence-electron chi connectivity index (χ2n) is 4.71. The van der Waals surface area contributed by atoms with Crippen molar-refractivity contribution < 1.29 is 17.9 Å². The Labute approximate surface area is 123 Å². The molecule has 0 atom stereocenters. The quantitative estimate of drug-likeness (QED) is 0.780. The molecule has 0 bridgehead atoms. The summed E-state index contributed by atoms with van der Waals surface area (Å²) in [4.78, 5) is 13.0. The Kier molecular flexibility index (Phi) is 5.42. The molecule has 5 nitrogen and oxygen atoms in total. The molecule has 0 radical (unpaired) electrons. The van der Waals surface area contributed by atoms with E-state index in [1.165, 1.54) is 11.0 Å². The van der Waals surface area contributed by atoms with Crippen LogP contribution in [0.3, 0.4) is 0 Å². The fourth-order valence-corrected chi connectivity index (χ4v) is 2.91. The average molecular weight is 320 g/mol. The summed E-state index contributed by atoms with van der Waals surface area (Å²) in [5.74, 6) is 0.525. The molecule has 0 aliphatic heterocycles. The first kappa shape index (κ1) is 16.8. The van der Waals surface area contributed by atoms with Crippen molar-refractivity contribution in [3.63, 3.8) is 0 Å². The van der Waals surface area contributed by atoms with Gasteiger partial charge in [-0.2, -0.15) is 0 Å². The third-order valence-electron chi connectivity index (χ3n) is 2.81. The van der Waals surface area contributed by atoms with Gasteiger partial charge in [-0.25, -0.2) is 8.42 Å². The Balaban J connectivity index is 2.84. The number of rotatable bonds is 5. The minimum Gasteiger partial charge on any atom is -0.493 e. The van der Waals surface area contributed by atoms with Gasteiger partial charge in [-0.15, -0.1) is 0 Å². The zero-order chi connectivity index (χ0) is 15.5. The number of halogens is 1. The van der Waals surface area contributed by atoms with Crippen LogP contribution in [0.25, 0.3) is 0 Å². The highest BCUT2D eigenvalue weighted by atomic mass is 35.7. The van der Waals surface area contributed by atoms with Gasteiger partial charge in [0, 0.05) is 24.8 Å². The first-order valence-electron chi connectivity index (χ1n) is 6.01. The highest BCUT2D eigenvalue weighted by Crippen LogP contribution is 2.27. The van der Waals surface area contributed by atoms with Crippen molar-refractivity contribution in [1.82, 2.24) is 4.90 Å². The number of ether oxygens (including phenoxy) is 1.